The van der Waals surface area contributed by atoms with Crippen molar-refractivity contribution in [2.75, 3.05) is 50.6 Å². The molecule has 1 saturated heterocycles. The van der Waals surface area contributed by atoms with Gasteiger partial charge in [-0.3, -0.25) is 19.5 Å². The Labute approximate surface area is 326 Å². The molecule has 14 heteroatoms. The Morgan fingerprint density at radius 1 is 0.926 bits per heavy atom. The summed E-state index contributed by atoms with van der Waals surface area (Å²) in [6.07, 6.45) is 10.7. The van der Waals surface area contributed by atoms with Crippen LogP contribution in [0.4, 0.5) is 16.2 Å². The molecule has 0 spiro atoms. The van der Waals surface area contributed by atoms with Gasteiger partial charge in [-0.1, -0.05) is 60.7 Å². The van der Waals surface area contributed by atoms with Crippen LogP contribution in [0.1, 0.15) is 69.2 Å². The van der Waals surface area contributed by atoms with Crippen LogP contribution in [0.5, 0.6) is 5.75 Å². The predicted octanol–water partition coefficient (Wildman–Crippen LogP) is 8.13. The molecule has 4 aromatic rings. The molecule has 12 nitrogen and oxygen atoms in total. The largest absolute Gasteiger partial charge is 0.494 e. The van der Waals surface area contributed by atoms with E-state index in [0.29, 0.717) is 41.8 Å². The van der Waals surface area contributed by atoms with Gasteiger partial charge in [0, 0.05) is 49.8 Å². The lowest BCUT2D eigenvalue weighted by Crippen LogP contribution is -2.33. The van der Waals surface area contributed by atoms with Crippen LogP contribution in [0.2, 0.25) is 10.0 Å². The molecule has 54 heavy (non-hydrogen) atoms. The molecule has 0 unspecified atom stereocenters. The van der Waals surface area contributed by atoms with E-state index < -0.39 is 11.6 Å². The minimum absolute atomic E-state index is 0.0153. The van der Waals surface area contributed by atoms with Crippen molar-refractivity contribution in [3.63, 3.8) is 0 Å². The Kier molecular flexibility index (Phi) is 15.3. The van der Waals surface area contributed by atoms with E-state index in [-0.39, 0.29) is 33.9 Å². The normalized spacial score (nSPS) is 14.2. The zero-order valence-electron chi connectivity index (χ0n) is 31.1. The number of aryl methyl sites for hydroxylation is 1. The first-order valence-electron chi connectivity index (χ1n) is 18.6. The third-order valence-corrected chi connectivity index (χ3v) is 9.92. The lowest BCUT2D eigenvalue weighted by atomic mass is 9.99. The van der Waals surface area contributed by atoms with Crippen molar-refractivity contribution < 1.29 is 19.1 Å². The molecule has 2 aromatic heterocycles. The molecule has 1 aliphatic heterocycles. The quantitative estimate of drug-likeness (QED) is 0.0861. The molecular formula is C40H49Cl2N7O5. The van der Waals surface area contributed by atoms with Gasteiger partial charge in [0.1, 0.15) is 11.4 Å². The van der Waals surface area contributed by atoms with E-state index >= 15 is 0 Å². The van der Waals surface area contributed by atoms with Gasteiger partial charge in [0.15, 0.2) is 0 Å². The van der Waals surface area contributed by atoms with Gasteiger partial charge < -0.3 is 25.4 Å². The summed E-state index contributed by atoms with van der Waals surface area (Å²) < 4.78 is 12.5. The molecule has 1 aliphatic rings. The highest BCUT2D eigenvalue weighted by Gasteiger charge is 2.23. The molecule has 1 atom stereocenters. The van der Waals surface area contributed by atoms with Gasteiger partial charge in [-0.25, -0.2) is 9.48 Å². The van der Waals surface area contributed by atoms with Gasteiger partial charge in [0.05, 0.1) is 34.6 Å². The third kappa shape index (κ3) is 11.0. The van der Waals surface area contributed by atoms with E-state index in [1.807, 2.05) is 43.3 Å². The van der Waals surface area contributed by atoms with Crippen LogP contribution in [-0.2, 0) is 11.3 Å². The van der Waals surface area contributed by atoms with Gasteiger partial charge in [-0.15, -0.1) is 0 Å². The zero-order chi connectivity index (χ0) is 38.5. The third-order valence-electron chi connectivity index (χ3n) is 9.35. The van der Waals surface area contributed by atoms with Crippen molar-refractivity contribution in [1.29, 1.82) is 0 Å². The summed E-state index contributed by atoms with van der Waals surface area (Å²) >= 11 is 12.3. The predicted molar refractivity (Wildman–Crippen MR) is 215 cm³/mol. The molecule has 1 fully saturated rings. The molecule has 0 aliphatic carbocycles. The monoisotopic (exact) mass is 777 g/mol. The first-order valence-corrected chi connectivity index (χ1v) is 19.3. The summed E-state index contributed by atoms with van der Waals surface area (Å²) in [5.74, 6) is 0.424. The van der Waals surface area contributed by atoms with E-state index in [2.05, 4.69) is 30.9 Å². The molecule has 3 amide bonds. The Morgan fingerprint density at radius 3 is 2.44 bits per heavy atom. The van der Waals surface area contributed by atoms with Crippen LogP contribution in [-0.4, -0.2) is 77.6 Å². The van der Waals surface area contributed by atoms with E-state index in [1.165, 1.54) is 55.4 Å². The highest BCUT2D eigenvalue weighted by molar-refractivity contribution is 6.39. The molecule has 3 N–H and O–H groups in total. The van der Waals surface area contributed by atoms with E-state index in [9.17, 15) is 14.4 Å². The van der Waals surface area contributed by atoms with Crippen molar-refractivity contribution in [2.45, 2.75) is 71.4 Å². The Balaban J connectivity index is 1.23. The number of halogens is 2. The van der Waals surface area contributed by atoms with Crippen LogP contribution >= 0.6 is 23.2 Å². The molecule has 288 valence electrons. The van der Waals surface area contributed by atoms with E-state index in [1.54, 1.807) is 20.1 Å². The van der Waals surface area contributed by atoms with Crippen molar-refractivity contribution in [2.24, 2.45) is 0 Å². The Morgan fingerprint density at radius 2 is 1.69 bits per heavy atom. The molecule has 3 heterocycles. The highest BCUT2D eigenvalue weighted by Crippen LogP contribution is 2.31. The second kappa shape index (κ2) is 20.3. The number of urea groups is 1. The topological polar surface area (TPSA) is 140 Å². The Bertz CT molecular complexity index is 1940. The number of nitrogens with zero attached hydrogens (tertiary/aromatic N) is 4. The number of likely N-dealkylation sites (tertiary alicyclic amines) is 1. The molecule has 0 bridgehead atoms. The Hall–Kier alpha value is -4.49. The van der Waals surface area contributed by atoms with Crippen LogP contribution in [0.15, 0.2) is 65.7 Å². The highest BCUT2D eigenvalue weighted by atomic mass is 35.5. The average molecular weight is 779 g/mol. The molecular weight excluding hydrogens is 729 g/mol. The lowest BCUT2D eigenvalue weighted by molar-refractivity contribution is 0.0952. The van der Waals surface area contributed by atoms with Crippen molar-refractivity contribution >= 4 is 46.5 Å². The van der Waals surface area contributed by atoms with Gasteiger partial charge in [-0.2, -0.15) is 5.10 Å². The minimum Gasteiger partial charge on any atom is -0.494 e. The van der Waals surface area contributed by atoms with Gasteiger partial charge >= 0.3 is 6.03 Å². The number of amides is 3. The first-order chi connectivity index (χ1) is 26.2. The first kappa shape index (κ1) is 40.7. The standard InChI is InChI=1S/C40H49Cl2N7O5/c1-4-49-39(51)36(45-40(52)46-37-33(41)24-43-25-34(37)42)23-35(47-49)28-14-11-13-27(19-28)29-20-30(22-32(21-29)54-5-2)38(50)44-16-9-7-6-8-10-17-48-18-12-15-31(48)26-53-3/h11,13-14,19-25,31H,4-10,12,15-18,26H2,1-3H3,(H,44,50)(H2,43,45,46,52)/t31-/m1/s1. The molecule has 0 radical (unpaired) electrons. The number of aromatic nitrogens is 3. The lowest BCUT2D eigenvalue weighted by Gasteiger charge is -2.23. The smallest absolute Gasteiger partial charge is 0.323 e. The van der Waals surface area contributed by atoms with Crippen LogP contribution in [0, 0.1) is 0 Å². The number of nitrogens with one attached hydrogen (secondary N) is 3. The van der Waals surface area contributed by atoms with Crippen LogP contribution in [0.3, 0.4) is 0 Å². The van der Waals surface area contributed by atoms with Crippen LogP contribution in [0.25, 0.3) is 22.4 Å². The average Bonchev–Trinajstić information content (AvgIpc) is 3.61. The number of benzene rings is 2. The van der Waals surface area contributed by atoms with Crippen molar-refractivity contribution in [3.8, 4) is 28.1 Å². The number of rotatable bonds is 18. The number of unbranched alkanes of at least 4 members (excludes halogenated alkanes) is 4. The number of hydrogen-bond acceptors (Lipinski definition) is 8. The summed E-state index contributed by atoms with van der Waals surface area (Å²) in [6.45, 7) is 8.12. The molecule has 2 aromatic carbocycles. The van der Waals surface area contributed by atoms with Gasteiger partial charge in [0.25, 0.3) is 11.5 Å². The number of anilines is 2. The zero-order valence-corrected chi connectivity index (χ0v) is 32.6. The van der Waals surface area contributed by atoms with Crippen LogP contribution < -0.4 is 26.2 Å². The summed E-state index contributed by atoms with van der Waals surface area (Å²) in [5, 5.41) is 13.1. The maximum atomic E-state index is 13.3. The fourth-order valence-electron chi connectivity index (χ4n) is 6.63. The molecule has 0 saturated carbocycles. The summed E-state index contributed by atoms with van der Waals surface area (Å²) in [6, 6.07) is 14.5. The number of pyridine rings is 1. The number of hydrogen-bond donors (Lipinski definition) is 3. The van der Waals surface area contributed by atoms with Crippen molar-refractivity contribution in [3.05, 3.63) is 86.9 Å². The minimum atomic E-state index is -0.709. The van der Waals surface area contributed by atoms with E-state index in [0.717, 1.165) is 43.5 Å². The molecule has 5 rings (SSSR count). The fourth-order valence-corrected chi connectivity index (χ4v) is 7.09. The fraction of sp³-hybridized carbons (Fsp3) is 0.425. The summed E-state index contributed by atoms with van der Waals surface area (Å²) in [4.78, 5) is 45.9. The van der Waals surface area contributed by atoms with Crippen molar-refractivity contribution in [1.82, 2.24) is 25.0 Å². The second-order valence-electron chi connectivity index (χ2n) is 13.2. The maximum absolute atomic E-state index is 13.3. The van der Waals surface area contributed by atoms with E-state index in [4.69, 9.17) is 32.7 Å². The summed E-state index contributed by atoms with van der Waals surface area (Å²) in [5.41, 5.74) is 2.96. The maximum Gasteiger partial charge on any atom is 0.323 e. The second-order valence-corrected chi connectivity index (χ2v) is 14.0. The van der Waals surface area contributed by atoms with Gasteiger partial charge in [-0.05, 0) is 94.1 Å². The number of ether oxygens (including phenoxy) is 2. The van der Waals surface area contributed by atoms with Gasteiger partial charge in [0.2, 0.25) is 0 Å². The number of carbonyl (C=O) groups is 2. The summed E-state index contributed by atoms with van der Waals surface area (Å²) in [7, 11) is 1.78. The number of carbonyl (C=O) groups excluding carboxylic acids is 2. The SMILES string of the molecule is CCOc1cc(C(=O)NCCCCCCCN2CCC[C@@H]2COC)cc(-c2cccc(-c3cc(NC(=O)Nc4c(Cl)cncc4Cl)c(=O)n(CC)n3)c2)c1. The number of methoxy groups -OCH3 is 1.